The van der Waals surface area contributed by atoms with Gasteiger partial charge in [-0.25, -0.2) is 9.97 Å². The number of aromatic nitrogens is 4. The number of ether oxygens (including phenoxy) is 1. The summed E-state index contributed by atoms with van der Waals surface area (Å²) in [5.41, 5.74) is 3.31. The van der Waals surface area contributed by atoms with Crippen LogP contribution in [0, 0.1) is 13.8 Å². The van der Waals surface area contributed by atoms with Gasteiger partial charge in [-0.2, -0.15) is 0 Å². The van der Waals surface area contributed by atoms with E-state index in [1.165, 1.54) is 0 Å². The molecule has 0 aliphatic carbocycles. The van der Waals surface area contributed by atoms with Crippen molar-refractivity contribution in [3.05, 3.63) is 35.4 Å². The van der Waals surface area contributed by atoms with E-state index in [2.05, 4.69) is 31.8 Å². The van der Waals surface area contributed by atoms with E-state index >= 15 is 0 Å². The van der Waals surface area contributed by atoms with Crippen molar-refractivity contribution in [2.24, 2.45) is 0 Å². The van der Waals surface area contributed by atoms with Gasteiger partial charge in [0.1, 0.15) is 11.9 Å². The summed E-state index contributed by atoms with van der Waals surface area (Å²) in [7, 11) is 0. The summed E-state index contributed by atoms with van der Waals surface area (Å²) in [6.07, 6.45) is 3.62. The fraction of sp³-hybridized carbons (Fsp3) is 0.538. The largest absolute Gasteiger partial charge is 0.368 e. The molecule has 1 aliphatic rings. The zero-order chi connectivity index (χ0) is 13.2. The molecule has 2 aromatic rings. The van der Waals surface area contributed by atoms with Crippen LogP contribution in [0.2, 0.25) is 0 Å². The molecular weight excluding hydrogens is 242 g/mol. The van der Waals surface area contributed by atoms with E-state index in [4.69, 9.17) is 4.74 Å². The maximum atomic E-state index is 5.79. The Bertz CT molecular complexity index is 547. The summed E-state index contributed by atoms with van der Waals surface area (Å²) in [5.74, 6) is 0.918. The fourth-order valence-electron chi connectivity index (χ4n) is 2.37. The molecule has 0 unspecified atom stereocenters. The monoisotopic (exact) mass is 261 g/mol. The summed E-state index contributed by atoms with van der Waals surface area (Å²) < 4.78 is 5.79. The van der Waals surface area contributed by atoms with Crippen LogP contribution in [0.1, 0.15) is 29.0 Å². The van der Waals surface area contributed by atoms with Crippen molar-refractivity contribution in [2.45, 2.75) is 26.5 Å². The molecular formula is C13H19N5O. The molecule has 0 radical (unpaired) electrons. The number of hydrogen-bond acceptors (Lipinski definition) is 4. The molecule has 6 heteroatoms. The molecule has 1 saturated heterocycles. The van der Waals surface area contributed by atoms with Crippen molar-refractivity contribution < 1.29 is 4.74 Å². The summed E-state index contributed by atoms with van der Waals surface area (Å²) in [5, 5.41) is 0. The first-order chi connectivity index (χ1) is 9.22. The number of nitrogens with one attached hydrogen (secondary N) is 2. The molecule has 1 atom stereocenters. The first-order valence-corrected chi connectivity index (χ1v) is 6.56. The lowest BCUT2D eigenvalue weighted by Crippen LogP contribution is -2.38. The average molecular weight is 261 g/mol. The predicted octanol–water partition coefficient (Wildman–Crippen LogP) is 1.32. The third kappa shape index (κ3) is 2.69. The molecule has 2 N–H and O–H groups in total. The summed E-state index contributed by atoms with van der Waals surface area (Å²) in [4.78, 5) is 17.4. The molecule has 3 heterocycles. The lowest BCUT2D eigenvalue weighted by molar-refractivity contribution is -0.0372. The van der Waals surface area contributed by atoms with E-state index in [1.807, 2.05) is 13.1 Å². The van der Waals surface area contributed by atoms with E-state index < -0.39 is 0 Å². The topological polar surface area (TPSA) is 69.8 Å². The molecule has 2 aromatic heterocycles. The van der Waals surface area contributed by atoms with Crippen LogP contribution < -0.4 is 0 Å². The second-order valence-corrected chi connectivity index (χ2v) is 5.02. The Labute approximate surface area is 112 Å². The quantitative estimate of drug-likeness (QED) is 0.874. The standard InChI is InChI=1S/C13H19N5O/c1-9-5-14-13(17-9)12-7-18(3-4-19-12)6-11-10(2)15-8-16-11/h5,8,12H,3-4,6-7H2,1-2H3,(H,14,17)(H,15,16)/t12-/m0/s1. The molecule has 0 saturated carbocycles. The van der Waals surface area contributed by atoms with Gasteiger partial charge in [-0.3, -0.25) is 4.90 Å². The van der Waals surface area contributed by atoms with E-state index in [0.717, 1.165) is 49.1 Å². The van der Waals surface area contributed by atoms with Crippen LogP contribution in [0.15, 0.2) is 12.5 Å². The first kappa shape index (κ1) is 12.4. The predicted molar refractivity (Wildman–Crippen MR) is 70.6 cm³/mol. The minimum atomic E-state index is 0.0293. The van der Waals surface area contributed by atoms with Crippen LogP contribution in [0.25, 0.3) is 0 Å². The highest BCUT2D eigenvalue weighted by atomic mass is 16.5. The number of hydrogen-bond donors (Lipinski definition) is 2. The van der Waals surface area contributed by atoms with Gasteiger partial charge in [-0.05, 0) is 13.8 Å². The van der Waals surface area contributed by atoms with Crippen molar-refractivity contribution in [1.29, 1.82) is 0 Å². The molecule has 102 valence electrons. The summed E-state index contributed by atoms with van der Waals surface area (Å²) in [6, 6.07) is 0. The number of morpholine rings is 1. The van der Waals surface area contributed by atoms with Crippen LogP contribution >= 0.6 is 0 Å². The van der Waals surface area contributed by atoms with Crippen LogP contribution in [-0.2, 0) is 11.3 Å². The summed E-state index contributed by atoms with van der Waals surface area (Å²) in [6.45, 7) is 7.42. The van der Waals surface area contributed by atoms with Crippen LogP contribution in [0.4, 0.5) is 0 Å². The van der Waals surface area contributed by atoms with Gasteiger partial charge in [0.2, 0.25) is 0 Å². The highest BCUT2D eigenvalue weighted by Crippen LogP contribution is 2.21. The Morgan fingerprint density at radius 3 is 3.00 bits per heavy atom. The van der Waals surface area contributed by atoms with Gasteiger partial charge in [0.05, 0.1) is 18.6 Å². The van der Waals surface area contributed by atoms with Gasteiger partial charge in [0.25, 0.3) is 0 Å². The SMILES string of the molecule is Cc1cnc([C@@H]2CN(Cc3nc[nH]c3C)CCO2)[nH]1. The smallest absolute Gasteiger partial charge is 0.136 e. The van der Waals surface area contributed by atoms with Crippen molar-refractivity contribution in [1.82, 2.24) is 24.8 Å². The molecule has 3 rings (SSSR count). The molecule has 1 aliphatic heterocycles. The second kappa shape index (κ2) is 5.14. The summed E-state index contributed by atoms with van der Waals surface area (Å²) >= 11 is 0. The lowest BCUT2D eigenvalue weighted by atomic mass is 10.2. The number of aryl methyl sites for hydroxylation is 2. The number of imidazole rings is 2. The minimum absolute atomic E-state index is 0.0293. The normalized spacial score (nSPS) is 20.8. The number of aromatic amines is 2. The zero-order valence-electron chi connectivity index (χ0n) is 11.3. The van der Waals surface area contributed by atoms with Crippen LogP contribution in [-0.4, -0.2) is 44.5 Å². The van der Waals surface area contributed by atoms with E-state index in [9.17, 15) is 0 Å². The van der Waals surface area contributed by atoms with Crippen molar-refractivity contribution in [3.8, 4) is 0 Å². The van der Waals surface area contributed by atoms with Crippen molar-refractivity contribution in [3.63, 3.8) is 0 Å². The molecule has 0 bridgehead atoms. The van der Waals surface area contributed by atoms with Crippen molar-refractivity contribution >= 4 is 0 Å². The Morgan fingerprint density at radius 2 is 2.32 bits per heavy atom. The third-order valence-corrected chi connectivity index (χ3v) is 3.49. The Kier molecular flexibility index (Phi) is 3.35. The van der Waals surface area contributed by atoms with E-state index in [-0.39, 0.29) is 6.10 Å². The Hall–Kier alpha value is -1.66. The van der Waals surface area contributed by atoms with Gasteiger partial charge in [-0.15, -0.1) is 0 Å². The molecule has 19 heavy (non-hydrogen) atoms. The van der Waals surface area contributed by atoms with Crippen LogP contribution in [0.5, 0.6) is 0 Å². The molecule has 0 spiro atoms. The minimum Gasteiger partial charge on any atom is -0.368 e. The van der Waals surface area contributed by atoms with Crippen LogP contribution in [0.3, 0.4) is 0 Å². The third-order valence-electron chi connectivity index (χ3n) is 3.49. The van der Waals surface area contributed by atoms with E-state index in [1.54, 1.807) is 6.33 Å². The molecule has 0 amide bonds. The number of rotatable bonds is 3. The molecule has 0 aromatic carbocycles. The fourth-order valence-corrected chi connectivity index (χ4v) is 2.37. The average Bonchev–Trinajstić information content (AvgIpc) is 3.00. The Balaban J connectivity index is 1.66. The van der Waals surface area contributed by atoms with Gasteiger partial charge >= 0.3 is 0 Å². The lowest BCUT2D eigenvalue weighted by Gasteiger charge is -2.31. The molecule has 6 nitrogen and oxygen atoms in total. The Morgan fingerprint density at radius 1 is 1.42 bits per heavy atom. The van der Waals surface area contributed by atoms with Crippen molar-refractivity contribution in [2.75, 3.05) is 19.7 Å². The first-order valence-electron chi connectivity index (χ1n) is 6.56. The van der Waals surface area contributed by atoms with Gasteiger partial charge in [0.15, 0.2) is 0 Å². The molecule has 1 fully saturated rings. The highest BCUT2D eigenvalue weighted by molar-refractivity contribution is 5.09. The van der Waals surface area contributed by atoms with E-state index in [0.29, 0.717) is 0 Å². The second-order valence-electron chi connectivity index (χ2n) is 5.02. The zero-order valence-corrected chi connectivity index (χ0v) is 11.3. The number of nitrogens with zero attached hydrogens (tertiary/aromatic N) is 3. The van der Waals surface area contributed by atoms with Gasteiger partial charge < -0.3 is 14.7 Å². The highest BCUT2D eigenvalue weighted by Gasteiger charge is 2.24. The van der Waals surface area contributed by atoms with Gasteiger partial charge in [0, 0.05) is 37.2 Å². The van der Waals surface area contributed by atoms with Gasteiger partial charge in [-0.1, -0.05) is 0 Å². The maximum Gasteiger partial charge on any atom is 0.136 e. The number of H-pyrrole nitrogens is 2. The maximum absolute atomic E-state index is 5.79.